The van der Waals surface area contributed by atoms with Crippen molar-refractivity contribution in [3.63, 3.8) is 0 Å². The highest BCUT2D eigenvalue weighted by molar-refractivity contribution is 9.10. The molecule has 0 radical (unpaired) electrons. The molecule has 0 fully saturated rings. The maximum Gasteiger partial charge on any atom is 0.264 e. The molecule has 3 aromatic rings. The third-order valence-corrected chi connectivity index (χ3v) is 6.28. The van der Waals surface area contributed by atoms with Crippen LogP contribution in [0.5, 0.6) is 0 Å². The second-order valence-electron chi connectivity index (χ2n) is 5.66. The van der Waals surface area contributed by atoms with E-state index in [0.29, 0.717) is 5.69 Å². The number of hydrogen-bond donors (Lipinski definition) is 0. The Morgan fingerprint density at radius 3 is 2.15 bits per heavy atom. The molecular formula is C21H18BrNO2S. The van der Waals surface area contributed by atoms with Crippen LogP contribution in [0, 0.1) is 0 Å². The molecule has 0 atom stereocenters. The molecule has 0 bridgehead atoms. The van der Waals surface area contributed by atoms with Gasteiger partial charge in [-0.15, -0.1) is 6.58 Å². The summed E-state index contributed by atoms with van der Waals surface area (Å²) in [4.78, 5) is 0.241. The van der Waals surface area contributed by atoms with E-state index in [0.717, 1.165) is 15.6 Å². The van der Waals surface area contributed by atoms with Crippen molar-refractivity contribution in [2.45, 2.75) is 4.90 Å². The van der Waals surface area contributed by atoms with Gasteiger partial charge in [0.15, 0.2) is 0 Å². The van der Waals surface area contributed by atoms with Gasteiger partial charge < -0.3 is 0 Å². The van der Waals surface area contributed by atoms with Crippen molar-refractivity contribution in [3.05, 3.63) is 96.0 Å². The zero-order valence-corrected chi connectivity index (χ0v) is 16.4. The van der Waals surface area contributed by atoms with Crippen molar-refractivity contribution in [3.8, 4) is 11.1 Å². The molecule has 5 heteroatoms. The monoisotopic (exact) mass is 427 g/mol. The molecule has 132 valence electrons. The summed E-state index contributed by atoms with van der Waals surface area (Å²) in [6, 6.07) is 23.9. The topological polar surface area (TPSA) is 37.4 Å². The Bertz CT molecular complexity index is 1000. The van der Waals surface area contributed by atoms with Crippen molar-refractivity contribution in [1.82, 2.24) is 0 Å². The molecule has 0 amide bonds. The first-order valence-corrected chi connectivity index (χ1v) is 10.3. The summed E-state index contributed by atoms with van der Waals surface area (Å²) in [5.41, 5.74) is 2.44. The summed E-state index contributed by atoms with van der Waals surface area (Å²) in [6.07, 6.45) is 1.60. The van der Waals surface area contributed by atoms with Crippen LogP contribution in [0.2, 0.25) is 0 Å². The lowest BCUT2D eigenvalue weighted by atomic mass is 10.0. The third-order valence-electron chi connectivity index (χ3n) is 3.95. The number of nitrogens with zero attached hydrogens (tertiary/aromatic N) is 1. The number of hydrogen-bond acceptors (Lipinski definition) is 2. The van der Waals surface area contributed by atoms with E-state index in [1.54, 1.807) is 30.3 Å². The Morgan fingerprint density at radius 1 is 0.885 bits per heavy atom. The molecule has 0 aliphatic rings. The summed E-state index contributed by atoms with van der Waals surface area (Å²) in [7, 11) is -3.72. The summed E-state index contributed by atoms with van der Waals surface area (Å²) < 4.78 is 28.8. The average molecular weight is 428 g/mol. The first kappa shape index (κ1) is 18.4. The van der Waals surface area contributed by atoms with Gasteiger partial charge in [-0.3, -0.25) is 4.31 Å². The minimum Gasteiger partial charge on any atom is -0.262 e. The lowest BCUT2D eigenvalue weighted by Gasteiger charge is -2.25. The van der Waals surface area contributed by atoms with Gasteiger partial charge in [0.05, 0.1) is 17.1 Å². The van der Waals surface area contributed by atoms with Crippen molar-refractivity contribution in [2.24, 2.45) is 0 Å². The minimum atomic E-state index is -3.72. The van der Waals surface area contributed by atoms with Crippen LogP contribution in [-0.4, -0.2) is 15.0 Å². The lowest BCUT2D eigenvalue weighted by Crippen LogP contribution is -2.31. The van der Waals surface area contributed by atoms with Gasteiger partial charge in [0.1, 0.15) is 0 Å². The summed E-state index contributed by atoms with van der Waals surface area (Å²) in [5, 5.41) is 0. The van der Waals surface area contributed by atoms with Crippen LogP contribution >= 0.6 is 15.9 Å². The Kier molecular flexibility index (Phi) is 5.59. The van der Waals surface area contributed by atoms with Crippen molar-refractivity contribution < 1.29 is 8.42 Å². The quantitative estimate of drug-likeness (QED) is 0.487. The maximum absolute atomic E-state index is 13.3. The Hall–Kier alpha value is -2.37. The number of benzene rings is 3. The second-order valence-corrected chi connectivity index (χ2v) is 8.44. The van der Waals surface area contributed by atoms with Crippen LogP contribution in [0.4, 0.5) is 5.69 Å². The highest BCUT2D eigenvalue weighted by Gasteiger charge is 2.26. The molecule has 0 unspecified atom stereocenters. The summed E-state index contributed by atoms with van der Waals surface area (Å²) >= 11 is 3.34. The fraction of sp³-hybridized carbons (Fsp3) is 0.0476. The number of para-hydroxylation sites is 1. The average Bonchev–Trinajstić information content (AvgIpc) is 2.67. The van der Waals surface area contributed by atoms with E-state index in [2.05, 4.69) is 22.5 Å². The predicted molar refractivity (Wildman–Crippen MR) is 111 cm³/mol. The van der Waals surface area contributed by atoms with Gasteiger partial charge in [0, 0.05) is 10.0 Å². The van der Waals surface area contributed by atoms with Crippen LogP contribution in [0.1, 0.15) is 0 Å². The number of anilines is 1. The van der Waals surface area contributed by atoms with E-state index in [1.807, 2.05) is 54.6 Å². The fourth-order valence-electron chi connectivity index (χ4n) is 2.73. The van der Waals surface area contributed by atoms with Gasteiger partial charge in [0.25, 0.3) is 10.0 Å². The minimum absolute atomic E-state index is 0.183. The SMILES string of the molecule is C=CCN(c1ccccc1-c1ccccc1)S(=O)(=O)c1ccc(Br)cc1. The van der Waals surface area contributed by atoms with E-state index in [1.165, 1.54) is 4.31 Å². The van der Waals surface area contributed by atoms with Gasteiger partial charge in [-0.05, 0) is 35.9 Å². The van der Waals surface area contributed by atoms with Crippen LogP contribution < -0.4 is 4.31 Å². The van der Waals surface area contributed by atoms with E-state index >= 15 is 0 Å². The Balaban J connectivity index is 2.15. The normalized spacial score (nSPS) is 11.1. The van der Waals surface area contributed by atoms with Gasteiger partial charge >= 0.3 is 0 Å². The zero-order valence-electron chi connectivity index (χ0n) is 14.0. The number of halogens is 1. The molecule has 0 saturated carbocycles. The molecule has 0 heterocycles. The van der Waals surface area contributed by atoms with Crippen LogP contribution in [0.25, 0.3) is 11.1 Å². The highest BCUT2D eigenvalue weighted by Crippen LogP contribution is 2.34. The van der Waals surface area contributed by atoms with Crippen molar-refractivity contribution in [2.75, 3.05) is 10.8 Å². The van der Waals surface area contributed by atoms with E-state index in [4.69, 9.17) is 0 Å². The Morgan fingerprint density at radius 2 is 1.50 bits per heavy atom. The third kappa shape index (κ3) is 3.74. The smallest absolute Gasteiger partial charge is 0.262 e. The van der Waals surface area contributed by atoms with Crippen LogP contribution in [-0.2, 0) is 10.0 Å². The zero-order chi connectivity index (χ0) is 18.6. The largest absolute Gasteiger partial charge is 0.264 e. The van der Waals surface area contributed by atoms with Gasteiger partial charge in [-0.2, -0.15) is 0 Å². The molecule has 0 aliphatic carbocycles. The standard InChI is InChI=1S/C21H18BrNO2S/c1-2-16-23(26(24,25)19-14-12-18(22)13-15-19)21-11-7-6-10-20(21)17-8-4-3-5-9-17/h2-15H,1,16H2. The highest BCUT2D eigenvalue weighted by atomic mass is 79.9. The fourth-order valence-corrected chi connectivity index (χ4v) is 4.45. The molecule has 3 rings (SSSR count). The molecule has 0 aliphatic heterocycles. The summed E-state index contributed by atoms with van der Waals surface area (Å²) in [6.45, 7) is 3.92. The van der Waals surface area contributed by atoms with Crippen molar-refractivity contribution in [1.29, 1.82) is 0 Å². The van der Waals surface area contributed by atoms with Crippen LogP contribution in [0.3, 0.4) is 0 Å². The molecule has 0 saturated heterocycles. The summed E-state index contributed by atoms with van der Waals surface area (Å²) in [5.74, 6) is 0. The second kappa shape index (κ2) is 7.89. The van der Waals surface area contributed by atoms with Gasteiger partial charge in [-0.1, -0.05) is 70.5 Å². The first-order chi connectivity index (χ1) is 12.5. The molecule has 3 nitrogen and oxygen atoms in total. The predicted octanol–water partition coefficient (Wildman–Crippen LogP) is 5.50. The van der Waals surface area contributed by atoms with E-state index in [-0.39, 0.29) is 11.4 Å². The van der Waals surface area contributed by atoms with Gasteiger partial charge in [-0.25, -0.2) is 8.42 Å². The molecule has 26 heavy (non-hydrogen) atoms. The van der Waals surface area contributed by atoms with Gasteiger partial charge in [0.2, 0.25) is 0 Å². The van der Waals surface area contributed by atoms with E-state index < -0.39 is 10.0 Å². The molecule has 3 aromatic carbocycles. The van der Waals surface area contributed by atoms with Crippen LogP contribution in [0.15, 0.2) is 101 Å². The number of rotatable bonds is 6. The lowest BCUT2D eigenvalue weighted by molar-refractivity contribution is 0.593. The molecule has 0 aromatic heterocycles. The number of sulfonamides is 1. The molecule has 0 spiro atoms. The maximum atomic E-state index is 13.3. The van der Waals surface area contributed by atoms with E-state index in [9.17, 15) is 8.42 Å². The van der Waals surface area contributed by atoms with Crippen molar-refractivity contribution >= 4 is 31.6 Å². The Labute approximate surface area is 162 Å². The molecular weight excluding hydrogens is 410 g/mol. The first-order valence-electron chi connectivity index (χ1n) is 8.07. The molecule has 0 N–H and O–H groups in total.